The minimum Gasteiger partial charge on any atom is -0.474 e. The number of aromatic nitrogens is 2. The van der Waals surface area contributed by atoms with Crippen molar-refractivity contribution in [3.05, 3.63) is 11.8 Å². The van der Waals surface area contributed by atoms with E-state index in [1.165, 1.54) is 0 Å². The summed E-state index contributed by atoms with van der Waals surface area (Å²) in [5.41, 5.74) is 1.05. The first-order chi connectivity index (χ1) is 6.74. The molecule has 0 saturated carbocycles. The zero-order valence-corrected chi connectivity index (χ0v) is 9.70. The number of hydrogen-bond acceptors (Lipinski definition) is 3. The van der Waals surface area contributed by atoms with Crippen LogP contribution in [0.25, 0.3) is 0 Å². The molecule has 4 heteroatoms. The van der Waals surface area contributed by atoms with Gasteiger partial charge in [-0.1, -0.05) is 13.8 Å². The Kier molecular flexibility index (Phi) is 6.84. The van der Waals surface area contributed by atoms with Crippen LogP contribution in [0.5, 0.6) is 5.88 Å². The summed E-state index contributed by atoms with van der Waals surface area (Å²) in [4.78, 5) is 0. The van der Waals surface area contributed by atoms with E-state index in [1.54, 1.807) is 11.8 Å². The van der Waals surface area contributed by atoms with E-state index in [9.17, 15) is 0 Å². The Balaban J connectivity index is 0.000000791. The largest absolute Gasteiger partial charge is 0.474 e. The van der Waals surface area contributed by atoms with Gasteiger partial charge < -0.3 is 9.47 Å². The first-order valence-electron chi connectivity index (χ1n) is 4.86. The fourth-order valence-electron chi connectivity index (χ4n) is 0.951. The molecule has 0 fully saturated rings. The van der Waals surface area contributed by atoms with Gasteiger partial charge in [-0.25, -0.2) is 0 Å². The van der Waals surface area contributed by atoms with Crippen molar-refractivity contribution in [2.75, 3.05) is 20.3 Å². The Morgan fingerprint density at radius 3 is 2.43 bits per heavy atom. The van der Waals surface area contributed by atoms with Crippen LogP contribution in [0.1, 0.15) is 19.4 Å². The van der Waals surface area contributed by atoms with Crippen molar-refractivity contribution in [3.8, 4) is 5.88 Å². The van der Waals surface area contributed by atoms with E-state index in [-0.39, 0.29) is 0 Å². The molecule has 0 radical (unpaired) electrons. The topological polar surface area (TPSA) is 36.3 Å². The van der Waals surface area contributed by atoms with Crippen molar-refractivity contribution in [1.29, 1.82) is 0 Å². The van der Waals surface area contributed by atoms with E-state index in [0.29, 0.717) is 19.1 Å². The second-order valence-electron chi connectivity index (χ2n) is 2.63. The van der Waals surface area contributed by atoms with Crippen LogP contribution in [0.15, 0.2) is 6.20 Å². The Bertz CT molecular complexity index is 246. The van der Waals surface area contributed by atoms with Crippen LogP contribution < -0.4 is 4.74 Å². The highest BCUT2D eigenvalue weighted by molar-refractivity contribution is 5.20. The van der Waals surface area contributed by atoms with Crippen molar-refractivity contribution in [2.24, 2.45) is 7.05 Å². The fourth-order valence-corrected chi connectivity index (χ4v) is 0.951. The van der Waals surface area contributed by atoms with Crippen molar-refractivity contribution in [1.82, 2.24) is 9.78 Å². The average Bonchev–Trinajstić information content (AvgIpc) is 2.49. The zero-order chi connectivity index (χ0) is 11.0. The molecule has 0 unspecified atom stereocenters. The third kappa shape index (κ3) is 4.28. The summed E-state index contributed by atoms with van der Waals surface area (Å²) in [5, 5.41) is 4.12. The summed E-state index contributed by atoms with van der Waals surface area (Å²) in [6.45, 7) is 7.11. The molecule has 1 heterocycles. The SMILES string of the molecule is CC.COCCOc1nn(C)cc1C. The van der Waals surface area contributed by atoms with Gasteiger partial charge in [0.05, 0.1) is 6.61 Å². The molecule has 14 heavy (non-hydrogen) atoms. The number of nitrogens with zero attached hydrogens (tertiary/aromatic N) is 2. The molecule has 4 nitrogen and oxygen atoms in total. The lowest BCUT2D eigenvalue weighted by atomic mass is 10.4. The molecule has 0 saturated heterocycles. The maximum absolute atomic E-state index is 5.34. The van der Waals surface area contributed by atoms with Gasteiger partial charge in [0.1, 0.15) is 6.61 Å². The Labute approximate surface area is 85.8 Å². The van der Waals surface area contributed by atoms with Gasteiger partial charge in [0.2, 0.25) is 5.88 Å². The summed E-state index contributed by atoms with van der Waals surface area (Å²) >= 11 is 0. The van der Waals surface area contributed by atoms with Crippen molar-refractivity contribution in [3.63, 3.8) is 0 Å². The third-order valence-corrected chi connectivity index (χ3v) is 1.49. The van der Waals surface area contributed by atoms with Gasteiger partial charge >= 0.3 is 0 Å². The normalized spacial score (nSPS) is 9.21. The van der Waals surface area contributed by atoms with Crippen LogP contribution in [0.3, 0.4) is 0 Å². The Morgan fingerprint density at radius 1 is 1.36 bits per heavy atom. The molecular formula is C10H20N2O2. The highest BCUT2D eigenvalue weighted by Gasteiger charge is 2.02. The van der Waals surface area contributed by atoms with E-state index in [4.69, 9.17) is 9.47 Å². The van der Waals surface area contributed by atoms with E-state index in [2.05, 4.69) is 5.10 Å². The molecule has 1 rings (SSSR count). The number of aryl methyl sites for hydroxylation is 2. The molecular weight excluding hydrogens is 180 g/mol. The van der Waals surface area contributed by atoms with Gasteiger partial charge in [-0.15, -0.1) is 5.10 Å². The Hall–Kier alpha value is -1.03. The van der Waals surface area contributed by atoms with Crippen LogP contribution in [0.4, 0.5) is 0 Å². The number of ether oxygens (including phenoxy) is 2. The van der Waals surface area contributed by atoms with E-state index >= 15 is 0 Å². The summed E-state index contributed by atoms with van der Waals surface area (Å²) in [6.07, 6.45) is 1.92. The summed E-state index contributed by atoms with van der Waals surface area (Å²) in [7, 11) is 3.52. The minimum absolute atomic E-state index is 0.550. The highest BCUT2D eigenvalue weighted by atomic mass is 16.5. The molecule has 0 spiro atoms. The predicted molar refractivity (Wildman–Crippen MR) is 56.7 cm³/mol. The second-order valence-corrected chi connectivity index (χ2v) is 2.63. The lowest BCUT2D eigenvalue weighted by molar-refractivity contribution is 0.143. The van der Waals surface area contributed by atoms with Crippen LogP contribution >= 0.6 is 0 Å². The summed E-state index contributed by atoms with van der Waals surface area (Å²) in [6, 6.07) is 0. The molecule has 0 N–H and O–H groups in total. The fraction of sp³-hybridized carbons (Fsp3) is 0.700. The van der Waals surface area contributed by atoms with Crippen LogP contribution in [-0.2, 0) is 11.8 Å². The van der Waals surface area contributed by atoms with Crippen molar-refractivity contribution in [2.45, 2.75) is 20.8 Å². The average molecular weight is 200 g/mol. The second kappa shape index (κ2) is 7.38. The van der Waals surface area contributed by atoms with E-state index in [1.807, 2.05) is 34.0 Å². The maximum atomic E-state index is 5.34. The quantitative estimate of drug-likeness (QED) is 0.695. The Morgan fingerprint density at radius 2 is 2.00 bits per heavy atom. The van der Waals surface area contributed by atoms with Crippen molar-refractivity contribution < 1.29 is 9.47 Å². The molecule has 0 aliphatic carbocycles. The molecule has 82 valence electrons. The minimum atomic E-state index is 0.550. The molecule has 0 aliphatic rings. The van der Waals surface area contributed by atoms with Gasteiger partial charge in [-0.3, -0.25) is 4.68 Å². The van der Waals surface area contributed by atoms with Crippen LogP contribution in [0.2, 0.25) is 0 Å². The number of methoxy groups -OCH3 is 1. The molecule has 0 amide bonds. The van der Waals surface area contributed by atoms with Crippen LogP contribution in [0, 0.1) is 6.92 Å². The monoisotopic (exact) mass is 200 g/mol. The van der Waals surface area contributed by atoms with Gasteiger partial charge in [-0.05, 0) is 6.92 Å². The number of hydrogen-bond donors (Lipinski definition) is 0. The predicted octanol–water partition coefficient (Wildman–Crippen LogP) is 1.78. The summed E-state index contributed by atoms with van der Waals surface area (Å²) < 4.78 is 11.9. The molecule has 0 bridgehead atoms. The molecule has 0 aromatic carbocycles. The first kappa shape index (κ1) is 13.0. The smallest absolute Gasteiger partial charge is 0.235 e. The van der Waals surface area contributed by atoms with E-state index < -0.39 is 0 Å². The van der Waals surface area contributed by atoms with E-state index in [0.717, 1.165) is 5.56 Å². The zero-order valence-electron chi connectivity index (χ0n) is 9.70. The maximum Gasteiger partial charge on any atom is 0.235 e. The number of rotatable bonds is 4. The highest BCUT2D eigenvalue weighted by Crippen LogP contribution is 2.12. The first-order valence-corrected chi connectivity index (χ1v) is 4.86. The van der Waals surface area contributed by atoms with Gasteiger partial charge in [-0.2, -0.15) is 0 Å². The van der Waals surface area contributed by atoms with Gasteiger partial charge in [0.25, 0.3) is 0 Å². The molecule has 0 atom stereocenters. The van der Waals surface area contributed by atoms with Crippen molar-refractivity contribution >= 4 is 0 Å². The molecule has 0 aliphatic heterocycles. The van der Waals surface area contributed by atoms with Gasteiger partial charge in [0.15, 0.2) is 0 Å². The summed E-state index contributed by atoms with van der Waals surface area (Å²) in [5.74, 6) is 0.689. The molecule has 1 aromatic heterocycles. The van der Waals surface area contributed by atoms with Gasteiger partial charge in [0, 0.05) is 25.9 Å². The third-order valence-electron chi connectivity index (χ3n) is 1.49. The lowest BCUT2D eigenvalue weighted by Gasteiger charge is -2.01. The van der Waals surface area contributed by atoms with Crippen LogP contribution in [-0.4, -0.2) is 30.1 Å². The lowest BCUT2D eigenvalue weighted by Crippen LogP contribution is -2.05. The standard InChI is InChI=1S/C8H14N2O2.C2H6/c1-7-6-10(2)9-8(7)12-5-4-11-3;1-2/h6H,4-5H2,1-3H3;1-2H3. The molecule has 1 aromatic rings.